The number of rotatable bonds is 4. The van der Waals surface area contributed by atoms with Crippen molar-refractivity contribution in [1.29, 1.82) is 0 Å². The van der Waals surface area contributed by atoms with Crippen LogP contribution in [0.2, 0.25) is 0 Å². The highest BCUT2D eigenvalue weighted by atomic mass is 19.4. The van der Waals surface area contributed by atoms with Gasteiger partial charge in [-0.3, -0.25) is 9.69 Å². The molecule has 5 nitrogen and oxygen atoms in total. The van der Waals surface area contributed by atoms with Crippen LogP contribution in [0.4, 0.5) is 19.0 Å². The summed E-state index contributed by atoms with van der Waals surface area (Å²) in [6, 6.07) is 12.9. The first-order valence-electron chi connectivity index (χ1n) is 9.59. The molecule has 0 saturated heterocycles. The molecule has 8 heteroatoms. The maximum absolute atomic E-state index is 14.4. The second-order valence-corrected chi connectivity index (χ2v) is 7.41. The summed E-state index contributed by atoms with van der Waals surface area (Å²) in [7, 11) is 0. The molecule has 1 aromatic heterocycles. The molecule has 2 aliphatic rings. The van der Waals surface area contributed by atoms with Crippen molar-refractivity contribution < 1.29 is 18.0 Å². The summed E-state index contributed by atoms with van der Waals surface area (Å²) in [5.74, 6) is -1.08. The van der Waals surface area contributed by atoms with Crippen molar-refractivity contribution >= 4 is 17.6 Å². The predicted molar refractivity (Wildman–Crippen MR) is 103 cm³/mol. The molecule has 1 aromatic carbocycles. The zero-order chi connectivity index (χ0) is 20.6. The number of aromatic nitrogens is 1. The summed E-state index contributed by atoms with van der Waals surface area (Å²) in [5, 5.41) is 2.32. The van der Waals surface area contributed by atoms with Crippen LogP contribution in [0.5, 0.6) is 0 Å². The smallest absolute Gasteiger partial charge is 0.331 e. The van der Waals surface area contributed by atoms with E-state index in [1.807, 2.05) is 0 Å². The van der Waals surface area contributed by atoms with E-state index in [4.69, 9.17) is 0 Å². The standard InChI is InChI=1S/C21H21F3N4O/c1-14-8-7-13-17(25-14)26-20(21(22,23)24)19(29)28(16-11-5-6-12-16)18(27-20)15-9-3-2-4-10-15/h2-4,7-10,13,16H,5-6,11-12H2,1H3,(H,25,26)/t20-/m0/s1. The number of aryl methyl sites for hydroxylation is 1. The third-order valence-corrected chi connectivity index (χ3v) is 5.36. The zero-order valence-electron chi connectivity index (χ0n) is 15.9. The van der Waals surface area contributed by atoms with Gasteiger partial charge in [-0.15, -0.1) is 0 Å². The number of aliphatic imine (C=N–C) groups is 1. The highest BCUT2D eigenvalue weighted by molar-refractivity contribution is 6.16. The number of pyridine rings is 1. The van der Waals surface area contributed by atoms with E-state index in [0.717, 1.165) is 12.8 Å². The van der Waals surface area contributed by atoms with Gasteiger partial charge >= 0.3 is 11.8 Å². The van der Waals surface area contributed by atoms with Gasteiger partial charge in [-0.1, -0.05) is 49.2 Å². The van der Waals surface area contributed by atoms with E-state index in [9.17, 15) is 18.0 Å². The molecule has 2 heterocycles. The molecule has 2 aromatic rings. The number of amides is 1. The van der Waals surface area contributed by atoms with Crippen LogP contribution in [0.3, 0.4) is 0 Å². The SMILES string of the molecule is Cc1cccc(N[C@]2(C(F)(F)F)N=C(c3ccccc3)N(C3CCCC3)C2=O)n1. The Kier molecular flexibility index (Phi) is 4.80. The van der Waals surface area contributed by atoms with Gasteiger partial charge in [-0.05, 0) is 31.9 Å². The summed E-state index contributed by atoms with van der Waals surface area (Å²) in [4.78, 5) is 22.7. The molecule has 0 bridgehead atoms. The van der Waals surface area contributed by atoms with E-state index in [1.54, 1.807) is 49.4 Å². The topological polar surface area (TPSA) is 57.6 Å². The van der Waals surface area contributed by atoms with E-state index >= 15 is 0 Å². The lowest BCUT2D eigenvalue weighted by Gasteiger charge is -2.31. The first kappa shape index (κ1) is 19.4. The average Bonchev–Trinajstić information content (AvgIpc) is 3.29. The fourth-order valence-electron chi connectivity index (χ4n) is 3.96. The Hall–Kier alpha value is -2.90. The van der Waals surface area contributed by atoms with Crippen molar-refractivity contribution in [1.82, 2.24) is 9.88 Å². The van der Waals surface area contributed by atoms with Crippen molar-refractivity contribution in [2.45, 2.75) is 50.5 Å². The molecular weight excluding hydrogens is 381 g/mol. The quantitative estimate of drug-likeness (QED) is 0.830. The summed E-state index contributed by atoms with van der Waals surface area (Å²) < 4.78 is 43.1. The molecule has 1 amide bonds. The second-order valence-electron chi connectivity index (χ2n) is 7.41. The molecule has 152 valence electrons. The normalized spacial score (nSPS) is 22.8. The number of hydrogen-bond donors (Lipinski definition) is 1. The molecule has 0 unspecified atom stereocenters. The lowest BCUT2D eigenvalue weighted by atomic mass is 10.1. The van der Waals surface area contributed by atoms with Crippen LogP contribution in [0.25, 0.3) is 0 Å². The fourth-order valence-corrected chi connectivity index (χ4v) is 3.96. The molecule has 1 N–H and O–H groups in total. The Balaban J connectivity index is 1.85. The van der Waals surface area contributed by atoms with Gasteiger partial charge in [0.05, 0.1) is 0 Å². The lowest BCUT2D eigenvalue weighted by Crippen LogP contribution is -2.59. The number of carbonyl (C=O) groups excluding carboxylic acids is 1. The molecule has 4 rings (SSSR count). The largest absolute Gasteiger partial charge is 0.442 e. The maximum atomic E-state index is 14.4. The Labute approximate surface area is 166 Å². The molecule has 0 radical (unpaired) electrons. The molecular formula is C21H21F3N4O. The molecule has 1 saturated carbocycles. The van der Waals surface area contributed by atoms with Gasteiger partial charge in [0.1, 0.15) is 11.7 Å². The van der Waals surface area contributed by atoms with Gasteiger partial charge in [0.2, 0.25) is 0 Å². The van der Waals surface area contributed by atoms with E-state index in [-0.39, 0.29) is 17.7 Å². The first-order valence-corrected chi connectivity index (χ1v) is 9.59. The Bertz CT molecular complexity index is 938. The molecule has 1 atom stereocenters. The minimum atomic E-state index is -4.94. The summed E-state index contributed by atoms with van der Waals surface area (Å²) in [6.07, 6.45) is -1.86. The number of carbonyl (C=O) groups is 1. The first-order chi connectivity index (χ1) is 13.8. The average molecular weight is 402 g/mol. The van der Waals surface area contributed by atoms with E-state index in [1.165, 1.54) is 11.0 Å². The fraction of sp³-hybridized carbons (Fsp3) is 0.381. The van der Waals surface area contributed by atoms with Crippen LogP contribution in [0.15, 0.2) is 53.5 Å². The van der Waals surface area contributed by atoms with Crippen LogP contribution < -0.4 is 5.32 Å². The van der Waals surface area contributed by atoms with Crippen molar-refractivity contribution in [3.63, 3.8) is 0 Å². The highest BCUT2D eigenvalue weighted by Gasteiger charge is 2.67. The van der Waals surface area contributed by atoms with Crippen LogP contribution in [-0.4, -0.2) is 39.5 Å². The van der Waals surface area contributed by atoms with Crippen molar-refractivity contribution in [3.8, 4) is 0 Å². The molecule has 29 heavy (non-hydrogen) atoms. The van der Waals surface area contributed by atoms with Gasteiger partial charge < -0.3 is 5.32 Å². The number of amidine groups is 1. The third kappa shape index (κ3) is 3.36. The summed E-state index contributed by atoms with van der Waals surface area (Å²) >= 11 is 0. The highest BCUT2D eigenvalue weighted by Crippen LogP contribution is 2.42. The summed E-state index contributed by atoms with van der Waals surface area (Å²) in [6.45, 7) is 1.67. The Morgan fingerprint density at radius 3 is 2.38 bits per heavy atom. The monoisotopic (exact) mass is 402 g/mol. The van der Waals surface area contributed by atoms with E-state index < -0.39 is 17.7 Å². The molecule has 1 fully saturated rings. The molecule has 1 aliphatic heterocycles. The number of nitrogens with zero attached hydrogens (tertiary/aromatic N) is 3. The number of nitrogens with one attached hydrogen (secondary N) is 1. The maximum Gasteiger partial charge on any atom is 0.442 e. The molecule has 0 spiro atoms. The van der Waals surface area contributed by atoms with Crippen LogP contribution in [-0.2, 0) is 4.79 Å². The van der Waals surface area contributed by atoms with E-state index in [0.29, 0.717) is 24.1 Å². The van der Waals surface area contributed by atoms with Crippen molar-refractivity contribution in [3.05, 3.63) is 59.8 Å². The van der Waals surface area contributed by atoms with Crippen LogP contribution in [0.1, 0.15) is 36.9 Å². The zero-order valence-corrected chi connectivity index (χ0v) is 15.9. The lowest BCUT2D eigenvalue weighted by molar-refractivity contribution is -0.185. The minimum absolute atomic E-state index is 0.0416. The predicted octanol–water partition coefficient (Wildman–Crippen LogP) is 4.29. The minimum Gasteiger partial charge on any atom is -0.331 e. The Morgan fingerprint density at radius 1 is 1.07 bits per heavy atom. The van der Waals surface area contributed by atoms with Crippen molar-refractivity contribution in [2.24, 2.45) is 4.99 Å². The van der Waals surface area contributed by atoms with Gasteiger partial charge in [-0.25, -0.2) is 9.98 Å². The van der Waals surface area contributed by atoms with Crippen LogP contribution in [0, 0.1) is 6.92 Å². The van der Waals surface area contributed by atoms with Crippen LogP contribution >= 0.6 is 0 Å². The number of anilines is 1. The number of benzene rings is 1. The molecule has 1 aliphatic carbocycles. The number of hydrogen-bond acceptors (Lipinski definition) is 4. The van der Waals surface area contributed by atoms with Gasteiger partial charge in [0.15, 0.2) is 0 Å². The summed E-state index contributed by atoms with van der Waals surface area (Å²) in [5.41, 5.74) is -2.07. The number of alkyl halides is 3. The number of halogens is 3. The van der Waals surface area contributed by atoms with E-state index in [2.05, 4.69) is 15.3 Å². The van der Waals surface area contributed by atoms with Gasteiger partial charge in [-0.2, -0.15) is 13.2 Å². The third-order valence-electron chi connectivity index (χ3n) is 5.36. The Morgan fingerprint density at radius 2 is 1.76 bits per heavy atom. The second kappa shape index (κ2) is 7.17. The van der Waals surface area contributed by atoms with Crippen molar-refractivity contribution in [2.75, 3.05) is 5.32 Å². The van der Waals surface area contributed by atoms with Gasteiger partial charge in [0, 0.05) is 17.3 Å². The van der Waals surface area contributed by atoms with Gasteiger partial charge in [0.25, 0.3) is 5.91 Å².